The number of nitro benzene ring substituents is 1. The predicted octanol–water partition coefficient (Wildman–Crippen LogP) is 3.06. The first-order valence-electron chi connectivity index (χ1n) is 6.05. The summed E-state index contributed by atoms with van der Waals surface area (Å²) in [4.78, 5) is 9.87. The summed E-state index contributed by atoms with van der Waals surface area (Å²) in [6, 6.07) is 3.40. The Balaban J connectivity index is 2.58. The standard InChI is InChI=1S/C12H16F2N2O3S/c13-12(14)10-8-9(16(18)19)2-3-11(10)15-4-7-20-6-1-5-17/h2-3,8,12,15,17H,1,4-7H2. The quantitative estimate of drug-likeness (QED) is 0.416. The van der Waals surface area contributed by atoms with E-state index in [9.17, 15) is 18.9 Å². The van der Waals surface area contributed by atoms with Gasteiger partial charge in [0.15, 0.2) is 0 Å². The fourth-order valence-corrected chi connectivity index (χ4v) is 2.32. The van der Waals surface area contributed by atoms with Crippen molar-refractivity contribution in [2.75, 3.05) is 30.0 Å². The second kappa shape index (κ2) is 8.70. The fraction of sp³-hybridized carbons (Fsp3) is 0.500. The highest BCUT2D eigenvalue weighted by atomic mass is 32.2. The molecule has 0 saturated heterocycles. The number of non-ortho nitro benzene ring substituents is 1. The molecule has 0 fully saturated rings. The second-order valence-electron chi connectivity index (χ2n) is 3.95. The third-order valence-corrected chi connectivity index (χ3v) is 3.56. The molecule has 0 heterocycles. The molecule has 8 heteroatoms. The molecule has 20 heavy (non-hydrogen) atoms. The van der Waals surface area contributed by atoms with Crippen LogP contribution in [0.2, 0.25) is 0 Å². The molecule has 0 saturated carbocycles. The molecular weight excluding hydrogens is 290 g/mol. The zero-order valence-electron chi connectivity index (χ0n) is 10.7. The Morgan fingerprint density at radius 1 is 1.40 bits per heavy atom. The molecule has 1 aromatic rings. The van der Waals surface area contributed by atoms with Crippen molar-refractivity contribution in [1.82, 2.24) is 0 Å². The van der Waals surface area contributed by atoms with Crippen molar-refractivity contribution in [2.45, 2.75) is 12.8 Å². The monoisotopic (exact) mass is 306 g/mol. The Morgan fingerprint density at radius 3 is 2.75 bits per heavy atom. The summed E-state index contributed by atoms with van der Waals surface area (Å²) in [6.07, 6.45) is -2.07. The molecule has 0 spiro atoms. The molecule has 1 aromatic carbocycles. The Labute approximate surface area is 119 Å². The van der Waals surface area contributed by atoms with Gasteiger partial charge < -0.3 is 10.4 Å². The first-order valence-corrected chi connectivity index (χ1v) is 7.20. The van der Waals surface area contributed by atoms with Crippen LogP contribution in [-0.2, 0) is 0 Å². The number of anilines is 1. The van der Waals surface area contributed by atoms with Gasteiger partial charge in [0, 0.05) is 42.3 Å². The number of alkyl halides is 2. The summed E-state index contributed by atoms with van der Waals surface area (Å²) in [5.41, 5.74) is -0.490. The number of rotatable bonds is 9. The van der Waals surface area contributed by atoms with Crippen LogP contribution < -0.4 is 5.32 Å². The van der Waals surface area contributed by atoms with E-state index in [1.165, 1.54) is 12.1 Å². The fourth-order valence-electron chi connectivity index (χ4n) is 1.53. The Hall–Kier alpha value is -1.41. The van der Waals surface area contributed by atoms with Crippen LogP contribution in [0.4, 0.5) is 20.2 Å². The molecule has 2 N–H and O–H groups in total. The molecular formula is C12H16F2N2O3S. The third-order valence-electron chi connectivity index (χ3n) is 2.49. The van der Waals surface area contributed by atoms with Gasteiger partial charge in [-0.15, -0.1) is 0 Å². The van der Waals surface area contributed by atoms with Gasteiger partial charge in [0.1, 0.15) is 0 Å². The highest BCUT2D eigenvalue weighted by Crippen LogP contribution is 2.30. The molecule has 0 aliphatic heterocycles. The number of nitro groups is 1. The maximum absolute atomic E-state index is 12.9. The number of nitrogens with one attached hydrogen (secondary N) is 1. The molecule has 1 rings (SSSR count). The lowest BCUT2D eigenvalue weighted by atomic mass is 10.1. The zero-order chi connectivity index (χ0) is 15.0. The van der Waals surface area contributed by atoms with E-state index in [1.807, 2.05) is 0 Å². The second-order valence-corrected chi connectivity index (χ2v) is 5.17. The minimum atomic E-state index is -2.76. The minimum Gasteiger partial charge on any atom is -0.396 e. The summed E-state index contributed by atoms with van der Waals surface area (Å²) >= 11 is 1.60. The van der Waals surface area contributed by atoms with Crippen LogP contribution in [0.15, 0.2) is 18.2 Å². The van der Waals surface area contributed by atoms with E-state index in [0.717, 1.165) is 11.8 Å². The lowest BCUT2D eigenvalue weighted by Gasteiger charge is -2.11. The number of hydrogen-bond acceptors (Lipinski definition) is 5. The summed E-state index contributed by atoms with van der Waals surface area (Å²) < 4.78 is 25.7. The first-order chi connectivity index (χ1) is 9.56. The summed E-state index contributed by atoms with van der Waals surface area (Å²) in [6.45, 7) is 0.617. The molecule has 0 aromatic heterocycles. The van der Waals surface area contributed by atoms with Crippen LogP contribution in [0.25, 0.3) is 0 Å². The number of nitrogens with zero attached hydrogens (tertiary/aromatic N) is 1. The third kappa shape index (κ3) is 5.30. The average molecular weight is 306 g/mol. The first kappa shape index (κ1) is 16.6. The molecule has 0 unspecified atom stereocenters. The zero-order valence-corrected chi connectivity index (χ0v) is 11.5. The number of hydrogen-bond donors (Lipinski definition) is 2. The Morgan fingerprint density at radius 2 is 2.15 bits per heavy atom. The molecule has 0 bridgehead atoms. The van der Waals surface area contributed by atoms with Crippen molar-refractivity contribution in [2.24, 2.45) is 0 Å². The highest BCUT2D eigenvalue weighted by Gasteiger charge is 2.17. The maximum Gasteiger partial charge on any atom is 0.270 e. The van der Waals surface area contributed by atoms with E-state index in [4.69, 9.17) is 5.11 Å². The van der Waals surface area contributed by atoms with Gasteiger partial charge >= 0.3 is 0 Å². The van der Waals surface area contributed by atoms with Crippen molar-refractivity contribution >= 4 is 23.1 Å². The van der Waals surface area contributed by atoms with Gasteiger partial charge in [-0.2, -0.15) is 11.8 Å². The van der Waals surface area contributed by atoms with Crippen molar-refractivity contribution in [3.8, 4) is 0 Å². The molecule has 0 amide bonds. The van der Waals surface area contributed by atoms with Crippen LogP contribution in [0, 0.1) is 10.1 Å². The van der Waals surface area contributed by atoms with E-state index in [0.29, 0.717) is 18.7 Å². The van der Waals surface area contributed by atoms with E-state index in [2.05, 4.69) is 5.32 Å². The number of aliphatic hydroxyl groups excluding tert-OH is 1. The lowest BCUT2D eigenvalue weighted by Crippen LogP contribution is -2.07. The number of benzene rings is 1. The van der Waals surface area contributed by atoms with Gasteiger partial charge in [0.25, 0.3) is 12.1 Å². The van der Waals surface area contributed by atoms with Gasteiger partial charge in [-0.3, -0.25) is 10.1 Å². The van der Waals surface area contributed by atoms with Crippen molar-refractivity contribution in [3.05, 3.63) is 33.9 Å². The molecule has 112 valence electrons. The minimum absolute atomic E-state index is 0.137. The van der Waals surface area contributed by atoms with Crippen molar-refractivity contribution < 1.29 is 18.8 Å². The van der Waals surface area contributed by atoms with Gasteiger partial charge in [-0.25, -0.2) is 8.78 Å². The van der Waals surface area contributed by atoms with Crippen LogP contribution in [0.5, 0.6) is 0 Å². The Kier molecular flexibility index (Phi) is 7.24. The topological polar surface area (TPSA) is 75.4 Å². The van der Waals surface area contributed by atoms with Crippen LogP contribution in [0.3, 0.4) is 0 Å². The summed E-state index contributed by atoms with van der Waals surface area (Å²) in [5.74, 6) is 1.51. The Bertz CT molecular complexity index is 447. The molecule has 0 aliphatic rings. The largest absolute Gasteiger partial charge is 0.396 e. The van der Waals surface area contributed by atoms with Gasteiger partial charge in [0.2, 0.25) is 0 Å². The van der Waals surface area contributed by atoms with E-state index in [-0.39, 0.29) is 23.5 Å². The smallest absolute Gasteiger partial charge is 0.270 e. The van der Waals surface area contributed by atoms with E-state index < -0.39 is 11.3 Å². The van der Waals surface area contributed by atoms with Gasteiger partial charge in [0.05, 0.1) is 4.92 Å². The lowest BCUT2D eigenvalue weighted by molar-refractivity contribution is -0.385. The highest BCUT2D eigenvalue weighted by molar-refractivity contribution is 7.99. The number of thioether (sulfide) groups is 1. The summed E-state index contributed by atoms with van der Waals surface area (Å²) in [5, 5.41) is 22.0. The van der Waals surface area contributed by atoms with Crippen LogP contribution in [0.1, 0.15) is 18.4 Å². The van der Waals surface area contributed by atoms with Gasteiger partial charge in [-0.1, -0.05) is 0 Å². The number of aliphatic hydroxyl groups is 1. The summed E-state index contributed by atoms with van der Waals surface area (Å²) in [7, 11) is 0. The molecule has 0 atom stereocenters. The maximum atomic E-state index is 12.9. The van der Waals surface area contributed by atoms with Gasteiger partial charge in [-0.05, 0) is 18.2 Å². The van der Waals surface area contributed by atoms with Crippen molar-refractivity contribution in [1.29, 1.82) is 0 Å². The van der Waals surface area contributed by atoms with Crippen molar-refractivity contribution in [3.63, 3.8) is 0 Å². The van der Waals surface area contributed by atoms with E-state index >= 15 is 0 Å². The molecule has 5 nitrogen and oxygen atoms in total. The van der Waals surface area contributed by atoms with Crippen LogP contribution in [-0.4, -0.2) is 34.7 Å². The normalized spacial score (nSPS) is 10.8. The van der Waals surface area contributed by atoms with E-state index in [1.54, 1.807) is 11.8 Å². The predicted molar refractivity (Wildman–Crippen MR) is 75.6 cm³/mol. The van der Waals surface area contributed by atoms with Crippen LogP contribution >= 0.6 is 11.8 Å². The molecule has 0 aliphatic carbocycles. The number of halogens is 2. The SMILES string of the molecule is O=[N+]([O-])c1ccc(NCCSCCCO)c(C(F)F)c1. The average Bonchev–Trinajstić information content (AvgIpc) is 2.42. The molecule has 0 radical (unpaired) electrons.